The molecule has 36 heavy (non-hydrogen) atoms. The quantitative estimate of drug-likeness (QED) is 0.486. The minimum absolute atomic E-state index is 0.0491. The second-order valence-corrected chi connectivity index (χ2v) is 17.1. The maximum atomic E-state index is 13.4. The molecule has 0 aromatic heterocycles. The molecule has 0 heterocycles. The van der Waals surface area contributed by atoms with Gasteiger partial charge in [-0.15, -0.1) is 0 Å². The van der Waals surface area contributed by atoms with Crippen molar-refractivity contribution < 1.29 is 26.4 Å². The molecule has 0 aromatic rings. The Morgan fingerprint density at radius 1 is 0.667 bits per heavy atom. The first-order valence-corrected chi connectivity index (χ1v) is 16.9. The molecule has 5 rings (SSSR count). The van der Waals surface area contributed by atoms with E-state index >= 15 is 0 Å². The summed E-state index contributed by atoms with van der Waals surface area (Å²) in [6.07, 6.45) is 6.53. The third-order valence-corrected chi connectivity index (χ3v) is 14.6. The second-order valence-electron chi connectivity index (χ2n) is 13.6. The number of ketones is 2. The fourth-order valence-electron chi connectivity index (χ4n) is 8.82. The Hall–Kier alpha value is -0.840. The lowest BCUT2D eigenvalue weighted by Gasteiger charge is -2.39. The summed E-state index contributed by atoms with van der Waals surface area (Å²) in [5.74, 6) is 0.0934. The lowest BCUT2D eigenvalue weighted by atomic mass is 9.70. The number of rotatable bonds is 8. The number of hydrogen-bond donors (Lipinski definition) is 2. The summed E-state index contributed by atoms with van der Waals surface area (Å²) in [6.45, 7) is 8.06. The lowest BCUT2D eigenvalue weighted by Crippen LogP contribution is -2.56. The molecule has 10 heteroatoms. The highest BCUT2D eigenvalue weighted by Gasteiger charge is 2.66. The summed E-state index contributed by atoms with van der Waals surface area (Å²) in [6, 6.07) is -1.12. The van der Waals surface area contributed by atoms with Crippen molar-refractivity contribution in [2.24, 2.45) is 33.5 Å². The number of carbonyl (C=O) groups is 2. The molecule has 2 N–H and O–H groups in total. The van der Waals surface area contributed by atoms with Crippen LogP contribution in [0.25, 0.3) is 0 Å². The first-order chi connectivity index (χ1) is 16.6. The van der Waals surface area contributed by atoms with E-state index in [1.54, 1.807) is 0 Å². The summed E-state index contributed by atoms with van der Waals surface area (Å²) in [5, 5.41) is 0. The van der Waals surface area contributed by atoms with Gasteiger partial charge in [0.15, 0.2) is 0 Å². The van der Waals surface area contributed by atoms with Crippen LogP contribution in [0.4, 0.5) is 0 Å². The predicted octanol–water partition coefficient (Wildman–Crippen LogP) is 2.93. The Morgan fingerprint density at radius 3 is 1.31 bits per heavy atom. The summed E-state index contributed by atoms with van der Waals surface area (Å²) >= 11 is 0. The molecule has 0 spiro atoms. The molecular formula is C26H42N2O6S2. The molecule has 6 atom stereocenters. The Labute approximate surface area is 216 Å². The van der Waals surface area contributed by atoms with E-state index in [-0.39, 0.29) is 45.7 Å². The van der Waals surface area contributed by atoms with Gasteiger partial charge >= 0.3 is 0 Å². The number of nitrogens with one attached hydrogen (secondary N) is 2. The van der Waals surface area contributed by atoms with Gasteiger partial charge < -0.3 is 0 Å². The van der Waals surface area contributed by atoms with Crippen molar-refractivity contribution in [3.8, 4) is 0 Å². The zero-order valence-corrected chi connectivity index (χ0v) is 23.7. The Bertz CT molecular complexity index is 1080. The zero-order chi connectivity index (χ0) is 26.4. The van der Waals surface area contributed by atoms with Gasteiger partial charge in [-0.2, -0.15) is 0 Å². The summed E-state index contributed by atoms with van der Waals surface area (Å²) in [4.78, 5) is 25.8. The molecule has 0 aliphatic heterocycles. The number of carbonyl (C=O) groups excluding carboxylic acids is 2. The minimum atomic E-state index is -3.82. The van der Waals surface area contributed by atoms with Crippen LogP contribution in [0, 0.1) is 33.5 Å². The standard InChI is InChI=1S/C26H42N2O6S2/c1-23(2)17-9-11-25(23,21(29)13-17)15-35(31,32)27-19-7-5-6-8-20(19)28-36(33,34)16-26-12-10-18(14-22(26)30)24(26,3)4/h17-20,27-28H,5-16H2,1-4H3/t17-,18-,19-,20-,25-,26-/m1/s1. The molecule has 0 saturated heterocycles. The van der Waals surface area contributed by atoms with Gasteiger partial charge in [-0.1, -0.05) is 40.5 Å². The van der Waals surface area contributed by atoms with E-state index in [0.717, 1.165) is 25.7 Å². The number of sulfonamides is 2. The van der Waals surface area contributed by atoms with Crippen molar-refractivity contribution in [1.29, 1.82) is 0 Å². The van der Waals surface area contributed by atoms with E-state index in [9.17, 15) is 26.4 Å². The third-order valence-electron chi connectivity index (χ3n) is 11.6. The van der Waals surface area contributed by atoms with Crippen molar-refractivity contribution in [3.05, 3.63) is 0 Å². The van der Waals surface area contributed by atoms with Crippen molar-refractivity contribution >= 4 is 31.6 Å². The average molecular weight is 543 g/mol. The Morgan fingerprint density at radius 2 is 1.03 bits per heavy atom. The zero-order valence-electron chi connectivity index (χ0n) is 22.1. The van der Waals surface area contributed by atoms with Crippen LogP contribution in [-0.4, -0.2) is 52.0 Å². The molecule has 0 amide bonds. The maximum absolute atomic E-state index is 13.4. The number of fused-ring (bicyclic) bond motifs is 4. The highest BCUT2D eigenvalue weighted by atomic mass is 32.2. The van der Waals surface area contributed by atoms with Crippen LogP contribution in [-0.2, 0) is 29.6 Å². The largest absolute Gasteiger partial charge is 0.299 e. The number of Topliss-reactive ketones (excluding diaryl/α,β-unsaturated/α-hetero) is 2. The van der Waals surface area contributed by atoms with Gasteiger partial charge in [-0.25, -0.2) is 26.3 Å². The van der Waals surface area contributed by atoms with Crippen molar-refractivity contribution in [2.45, 2.75) is 104 Å². The molecule has 5 aliphatic carbocycles. The minimum Gasteiger partial charge on any atom is -0.299 e. The normalized spacial score (nSPS) is 41.3. The maximum Gasteiger partial charge on any atom is 0.212 e. The van der Waals surface area contributed by atoms with Crippen LogP contribution >= 0.6 is 0 Å². The van der Waals surface area contributed by atoms with E-state index in [2.05, 4.69) is 9.44 Å². The van der Waals surface area contributed by atoms with Crippen molar-refractivity contribution in [3.63, 3.8) is 0 Å². The summed E-state index contributed by atoms with van der Waals surface area (Å²) in [5.41, 5.74) is -2.43. The van der Waals surface area contributed by atoms with Crippen LogP contribution < -0.4 is 9.44 Å². The SMILES string of the molecule is CC1(C)[C@@H]2CC[C@@]1(CS(=O)(=O)N[C@@H]1CCCC[C@H]1NS(=O)(=O)C[C@]13CC[C@H](CC1=O)C3(C)C)C(=O)C2. The molecule has 5 aliphatic rings. The Kier molecular flexibility index (Phi) is 6.19. The topological polar surface area (TPSA) is 126 Å². The molecule has 204 valence electrons. The first kappa shape index (κ1) is 26.8. The highest BCUT2D eigenvalue weighted by molar-refractivity contribution is 7.89. The fraction of sp³-hybridized carbons (Fsp3) is 0.923. The van der Waals surface area contributed by atoms with Gasteiger partial charge in [0.25, 0.3) is 0 Å². The van der Waals surface area contributed by atoms with E-state index < -0.39 is 43.0 Å². The van der Waals surface area contributed by atoms with Crippen LogP contribution in [0.3, 0.4) is 0 Å². The molecule has 4 bridgehead atoms. The molecule has 0 unspecified atom stereocenters. The van der Waals surface area contributed by atoms with Gasteiger partial charge in [-0.3, -0.25) is 9.59 Å². The van der Waals surface area contributed by atoms with E-state index in [0.29, 0.717) is 38.5 Å². The predicted molar refractivity (Wildman–Crippen MR) is 137 cm³/mol. The smallest absolute Gasteiger partial charge is 0.212 e. The van der Waals surface area contributed by atoms with Crippen LogP contribution in [0.15, 0.2) is 0 Å². The molecule has 0 aromatic carbocycles. The second kappa shape index (κ2) is 8.33. The van der Waals surface area contributed by atoms with Crippen molar-refractivity contribution in [2.75, 3.05) is 11.5 Å². The third kappa shape index (κ3) is 3.87. The number of hydrogen-bond acceptors (Lipinski definition) is 6. The summed E-state index contributed by atoms with van der Waals surface area (Å²) in [7, 11) is -7.64. The van der Waals surface area contributed by atoms with Gasteiger partial charge in [0.05, 0.1) is 11.5 Å². The van der Waals surface area contributed by atoms with E-state index in [4.69, 9.17) is 0 Å². The van der Waals surface area contributed by atoms with Gasteiger partial charge in [0.2, 0.25) is 20.0 Å². The van der Waals surface area contributed by atoms with Gasteiger partial charge in [0, 0.05) is 35.8 Å². The molecule has 5 fully saturated rings. The van der Waals surface area contributed by atoms with Gasteiger partial charge in [-0.05, 0) is 61.2 Å². The van der Waals surface area contributed by atoms with E-state index in [1.165, 1.54) is 0 Å². The van der Waals surface area contributed by atoms with Crippen LogP contribution in [0.5, 0.6) is 0 Å². The monoisotopic (exact) mass is 542 g/mol. The summed E-state index contributed by atoms with van der Waals surface area (Å²) < 4.78 is 59.2. The first-order valence-electron chi connectivity index (χ1n) is 13.6. The van der Waals surface area contributed by atoms with Crippen molar-refractivity contribution in [1.82, 2.24) is 9.44 Å². The highest BCUT2D eigenvalue weighted by Crippen LogP contribution is 2.65. The fourth-order valence-corrected chi connectivity index (χ4v) is 13.1. The molecular weight excluding hydrogens is 500 g/mol. The molecule has 8 nitrogen and oxygen atoms in total. The van der Waals surface area contributed by atoms with Crippen LogP contribution in [0.2, 0.25) is 0 Å². The van der Waals surface area contributed by atoms with Crippen LogP contribution in [0.1, 0.15) is 91.9 Å². The molecule has 0 radical (unpaired) electrons. The Balaban J connectivity index is 1.31. The van der Waals surface area contributed by atoms with E-state index in [1.807, 2.05) is 27.7 Å². The van der Waals surface area contributed by atoms with Gasteiger partial charge in [0.1, 0.15) is 11.6 Å². The molecule has 5 saturated carbocycles. The average Bonchev–Trinajstić information content (AvgIpc) is 3.27. The lowest BCUT2D eigenvalue weighted by molar-refractivity contribution is -0.128.